The normalized spacial score (nSPS) is 14.5. The summed E-state index contributed by atoms with van der Waals surface area (Å²) >= 11 is 0. The predicted octanol–water partition coefficient (Wildman–Crippen LogP) is 2.46. The fourth-order valence-corrected chi connectivity index (χ4v) is 1.05. The van der Waals surface area contributed by atoms with Crippen LogP contribution in [-0.4, -0.2) is 11.0 Å². The van der Waals surface area contributed by atoms with Gasteiger partial charge >= 0.3 is 6.18 Å². The van der Waals surface area contributed by atoms with Gasteiger partial charge < -0.3 is 5.73 Å². The van der Waals surface area contributed by atoms with E-state index in [1.165, 1.54) is 18.3 Å². The van der Waals surface area contributed by atoms with Gasteiger partial charge in [0.1, 0.15) is 0 Å². The van der Waals surface area contributed by atoms with Crippen LogP contribution in [0.4, 0.5) is 13.2 Å². The Balaban J connectivity index is 3.08. The number of nitrogens with zero attached hydrogens (tertiary/aromatic N) is 1. The van der Waals surface area contributed by atoms with Gasteiger partial charge in [0.25, 0.3) is 0 Å². The van der Waals surface area contributed by atoms with E-state index in [0.29, 0.717) is 0 Å². The molecule has 0 spiro atoms. The van der Waals surface area contributed by atoms with Crippen LogP contribution in [-0.2, 0) is 6.18 Å². The molecular weight excluding hydrogens is 205 g/mol. The highest BCUT2D eigenvalue weighted by Crippen LogP contribution is 2.31. The first-order valence-electron chi connectivity index (χ1n) is 4.36. The Kier molecular flexibility index (Phi) is 3.47. The van der Waals surface area contributed by atoms with Crippen LogP contribution in [0.1, 0.15) is 18.1 Å². The summed E-state index contributed by atoms with van der Waals surface area (Å²) in [5.74, 6) is 0. The molecule has 0 aliphatic heterocycles. The van der Waals surface area contributed by atoms with Crippen molar-refractivity contribution in [1.29, 1.82) is 0 Å². The molecule has 1 rings (SSSR count). The molecule has 0 aliphatic rings. The third-order valence-corrected chi connectivity index (χ3v) is 1.74. The average molecular weight is 216 g/mol. The lowest BCUT2D eigenvalue weighted by Gasteiger charge is -2.09. The molecule has 0 aromatic carbocycles. The largest absolute Gasteiger partial charge is 0.417 e. The number of halogens is 3. The van der Waals surface area contributed by atoms with Crippen LogP contribution in [0.3, 0.4) is 0 Å². The van der Waals surface area contributed by atoms with Gasteiger partial charge in [-0.05, 0) is 13.0 Å². The molecule has 0 saturated heterocycles. The second-order valence-corrected chi connectivity index (χ2v) is 3.18. The quantitative estimate of drug-likeness (QED) is 0.824. The van der Waals surface area contributed by atoms with Crippen LogP contribution in [0.5, 0.6) is 0 Å². The summed E-state index contributed by atoms with van der Waals surface area (Å²) in [6.45, 7) is 1.68. The first kappa shape index (κ1) is 11.7. The summed E-state index contributed by atoms with van der Waals surface area (Å²) in [5.41, 5.74) is 4.74. The Labute approximate surface area is 85.6 Å². The molecule has 1 atom stereocenters. The topological polar surface area (TPSA) is 38.9 Å². The van der Waals surface area contributed by atoms with E-state index in [0.717, 1.165) is 12.3 Å². The first-order valence-corrected chi connectivity index (χ1v) is 4.36. The molecule has 1 aromatic heterocycles. The van der Waals surface area contributed by atoms with Crippen molar-refractivity contribution in [2.24, 2.45) is 5.73 Å². The summed E-state index contributed by atoms with van der Waals surface area (Å²) in [5, 5.41) is 0. The molecule has 1 heterocycles. The fourth-order valence-electron chi connectivity index (χ4n) is 1.05. The zero-order valence-electron chi connectivity index (χ0n) is 8.12. The molecule has 0 aliphatic carbocycles. The lowest BCUT2D eigenvalue weighted by Crippen LogP contribution is -2.11. The van der Waals surface area contributed by atoms with Gasteiger partial charge in [-0.15, -0.1) is 0 Å². The van der Waals surface area contributed by atoms with E-state index in [2.05, 4.69) is 4.98 Å². The maximum absolute atomic E-state index is 12.5. The summed E-state index contributed by atoms with van der Waals surface area (Å²) in [6, 6.07) is 0.659. The van der Waals surface area contributed by atoms with Crippen molar-refractivity contribution in [2.75, 3.05) is 0 Å². The molecule has 1 aromatic rings. The number of alkyl halides is 3. The third kappa shape index (κ3) is 3.36. The van der Waals surface area contributed by atoms with Gasteiger partial charge in [-0.25, -0.2) is 0 Å². The second-order valence-electron chi connectivity index (χ2n) is 3.18. The number of nitrogens with two attached hydrogens (primary N) is 1. The number of aromatic nitrogens is 1. The van der Waals surface area contributed by atoms with Crippen molar-refractivity contribution in [3.8, 4) is 0 Å². The lowest BCUT2D eigenvalue weighted by atomic mass is 10.1. The summed E-state index contributed by atoms with van der Waals surface area (Å²) in [4.78, 5) is 3.64. The number of hydrogen-bond acceptors (Lipinski definition) is 2. The van der Waals surface area contributed by atoms with E-state index in [1.807, 2.05) is 0 Å². The SMILES string of the molecule is CC(N)/C=C/c1cnccc1C(F)(F)F. The Morgan fingerprint density at radius 3 is 2.67 bits per heavy atom. The standard InChI is InChI=1S/C10H11F3N2/c1-7(14)2-3-8-6-15-5-4-9(8)10(11,12)13/h2-7H,14H2,1H3/b3-2+. The highest BCUT2D eigenvalue weighted by atomic mass is 19.4. The van der Waals surface area contributed by atoms with Gasteiger partial charge in [-0.3, -0.25) is 4.98 Å². The smallest absolute Gasteiger partial charge is 0.325 e. The minimum absolute atomic E-state index is 0.0299. The Morgan fingerprint density at radius 2 is 2.13 bits per heavy atom. The van der Waals surface area contributed by atoms with Crippen LogP contribution < -0.4 is 5.73 Å². The average Bonchev–Trinajstić information content (AvgIpc) is 2.13. The summed E-state index contributed by atoms with van der Waals surface area (Å²) in [6.07, 6.45) is 0.751. The van der Waals surface area contributed by atoms with Crippen LogP contribution in [0.15, 0.2) is 24.5 Å². The molecule has 0 bridgehead atoms. The molecule has 82 valence electrons. The van der Waals surface area contributed by atoms with Crippen LogP contribution >= 0.6 is 0 Å². The Bertz CT molecular complexity index is 356. The summed E-state index contributed by atoms with van der Waals surface area (Å²) < 4.78 is 37.4. The number of rotatable bonds is 2. The molecule has 0 saturated carbocycles. The highest BCUT2D eigenvalue weighted by Gasteiger charge is 2.32. The number of hydrogen-bond donors (Lipinski definition) is 1. The van der Waals surface area contributed by atoms with Gasteiger partial charge in [0.05, 0.1) is 5.56 Å². The fraction of sp³-hybridized carbons (Fsp3) is 0.300. The third-order valence-electron chi connectivity index (χ3n) is 1.74. The van der Waals surface area contributed by atoms with Gasteiger partial charge in [0.2, 0.25) is 0 Å². The monoisotopic (exact) mass is 216 g/mol. The summed E-state index contributed by atoms with van der Waals surface area (Å²) in [7, 11) is 0. The van der Waals surface area contributed by atoms with E-state index in [1.54, 1.807) is 6.92 Å². The molecular formula is C10H11F3N2. The lowest BCUT2D eigenvalue weighted by molar-refractivity contribution is -0.137. The second kappa shape index (κ2) is 4.44. The molecule has 1 unspecified atom stereocenters. The molecule has 0 radical (unpaired) electrons. The maximum Gasteiger partial charge on any atom is 0.417 e. The van der Waals surface area contributed by atoms with Gasteiger partial charge in [0.15, 0.2) is 0 Å². The van der Waals surface area contributed by atoms with Crippen LogP contribution in [0.25, 0.3) is 6.08 Å². The Hall–Kier alpha value is -1.36. The molecule has 0 fully saturated rings. The van der Waals surface area contributed by atoms with Gasteiger partial charge in [0, 0.05) is 24.0 Å². The zero-order chi connectivity index (χ0) is 11.5. The predicted molar refractivity (Wildman–Crippen MR) is 51.9 cm³/mol. The van der Waals surface area contributed by atoms with E-state index in [4.69, 9.17) is 5.73 Å². The molecule has 5 heteroatoms. The minimum atomic E-state index is -4.36. The van der Waals surface area contributed by atoms with E-state index in [-0.39, 0.29) is 11.6 Å². The van der Waals surface area contributed by atoms with Gasteiger partial charge in [-0.1, -0.05) is 12.2 Å². The maximum atomic E-state index is 12.5. The zero-order valence-corrected chi connectivity index (χ0v) is 8.12. The van der Waals surface area contributed by atoms with Crippen molar-refractivity contribution >= 4 is 6.08 Å². The minimum Gasteiger partial charge on any atom is -0.325 e. The van der Waals surface area contributed by atoms with Crippen molar-refractivity contribution in [3.63, 3.8) is 0 Å². The molecule has 2 N–H and O–H groups in total. The Morgan fingerprint density at radius 1 is 1.47 bits per heavy atom. The van der Waals surface area contributed by atoms with E-state index >= 15 is 0 Å². The van der Waals surface area contributed by atoms with E-state index < -0.39 is 11.7 Å². The van der Waals surface area contributed by atoms with Crippen molar-refractivity contribution in [1.82, 2.24) is 4.98 Å². The van der Waals surface area contributed by atoms with E-state index in [9.17, 15) is 13.2 Å². The highest BCUT2D eigenvalue weighted by molar-refractivity contribution is 5.53. The van der Waals surface area contributed by atoms with Crippen molar-refractivity contribution < 1.29 is 13.2 Å². The molecule has 15 heavy (non-hydrogen) atoms. The van der Waals surface area contributed by atoms with Crippen LogP contribution in [0.2, 0.25) is 0 Å². The van der Waals surface area contributed by atoms with Gasteiger partial charge in [-0.2, -0.15) is 13.2 Å². The molecule has 0 amide bonds. The molecule has 2 nitrogen and oxygen atoms in total. The van der Waals surface area contributed by atoms with Crippen LogP contribution in [0, 0.1) is 0 Å². The number of pyridine rings is 1. The van der Waals surface area contributed by atoms with Crippen molar-refractivity contribution in [2.45, 2.75) is 19.1 Å². The van der Waals surface area contributed by atoms with Crippen molar-refractivity contribution in [3.05, 3.63) is 35.7 Å². The first-order chi connectivity index (χ1) is 6.91.